The number of halogens is 1. The van der Waals surface area contributed by atoms with E-state index in [1.54, 1.807) is 30.1 Å². The van der Waals surface area contributed by atoms with Crippen LogP contribution in [0.1, 0.15) is 12.0 Å². The molecule has 1 saturated heterocycles. The van der Waals surface area contributed by atoms with Crippen molar-refractivity contribution in [2.45, 2.75) is 12.8 Å². The van der Waals surface area contributed by atoms with E-state index >= 15 is 0 Å². The molecule has 0 aliphatic carbocycles. The van der Waals surface area contributed by atoms with E-state index in [1.807, 2.05) is 7.05 Å². The molecule has 0 bridgehead atoms. The Bertz CT molecular complexity index is 565. The minimum absolute atomic E-state index is 0.0301. The van der Waals surface area contributed by atoms with Crippen molar-refractivity contribution in [3.05, 3.63) is 35.6 Å². The first-order valence-electron chi connectivity index (χ1n) is 7.92. The average molecular weight is 321 g/mol. The summed E-state index contributed by atoms with van der Waals surface area (Å²) in [6, 6.07) is 6.51. The molecular formula is C17H24FN3O2. The topological polar surface area (TPSA) is 52.7 Å². The molecule has 0 unspecified atom stereocenters. The number of hydrogen-bond donors (Lipinski definition) is 1. The van der Waals surface area contributed by atoms with Crippen LogP contribution in [-0.2, 0) is 16.0 Å². The highest BCUT2D eigenvalue weighted by Crippen LogP contribution is 2.13. The quantitative estimate of drug-likeness (QED) is 0.896. The molecule has 1 fully saturated rings. The molecule has 1 N–H and O–H groups in total. The number of benzene rings is 1. The SMILES string of the molecule is CNC(=O)[C@H]1CN(C)CCN(C(=O)CCc2ccccc2F)C1. The lowest BCUT2D eigenvalue weighted by molar-refractivity contribution is -0.132. The third-order valence-corrected chi connectivity index (χ3v) is 4.26. The van der Waals surface area contributed by atoms with Gasteiger partial charge in [0.1, 0.15) is 5.82 Å². The van der Waals surface area contributed by atoms with E-state index in [9.17, 15) is 14.0 Å². The fourth-order valence-corrected chi connectivity index (χ4v) is 2.87. The second-order valence-electron chi connectivity index (χ2n) is 6.00. The molecule has 0 radical (unpaired) electrons. The predicted molar refractivity (Wildman–Crippen MR) is 86.4 cm³/mol. The third kappa shape index (κ3) is 4.76. The van der Waals surface area contributed by atoms with E-state index in [2.05, 4.69) is 10.2 Å². The standard InChI is InChI=1S/C17H24FN3O2/c1-19-17(23)14-11-20(2)9-10-21(12-14)16(22)8-7-13-5-3-4-6-15(13)18/h3-6,14H,7-12H2,1-2H3,(H,19,23)/t14-/m0/s1. The monoisotopic (exact) mass is 321 g/mol. The van der Waals surface area contributed by atoms with E-state index < -0.39 is 0 Å². The minimum Gasteiger partial charge on any atom is -0.359 e. The summed E-state index contributed by atoms with van der Waals surface area (Å²) >= 11 is 0. The Hall–Kier alpha value is -1.95. The van der Waals surface area contributed by atoms with Crippen molar-refractivity contribution in [1.29, 1.82) is 0 Å². The van der Waals surface area contributed by atoms with Crippen LogP contribution in [0.2, 0.25) is 0 Å². The summed E-state index contributed by atoms with van der Waals surface area (Å²) in [7, 11) is 3.56. The molecule has 0 aromatic heterocycles. The van der Waals surface area contributed by atoms with Crippen molar-refractivity contribution in [3.63, 3.8) is 0 Å². The average Bonchev–Trinajstić information content (AvgIpc) is 2.75. The molecule has 1 heterocycles. The van der Waals surface area contributed by atoms with Crippen LogP contribution in [0.5, 0.6) is 0 Å². The second-order valence-corrected chi connectivity index (χ2v) is 6.00. The van der Waals surface area contributed by atoms with Gasteiger partial charge in [-0.15, -0.1) is 0 Å². The number of carbonyl (C=O) groups excluding carboxylic acids is 2. The molecule has 6 heteroatoms. The van der Waals surface area contributed by atoms with E-state index in [0.717, 1.165) is 6.54 Å². The maximum absolute atomic E-state index is 13.6. The van der Waals surface area contributed by atoms with E-state index in [4.69, 9.17) is 0 Å². The molecule has 23 heavy (non-hydrogen) atoms. The van der Waals surface area contributed by atoms with Gasteiger partial charge in [-0.1, -0.05) is 18.2 Å². The summed E-state index contributed by atoms with van der Waals surface area (Å²) in [5.74, 6) is -0.591. The first kappa shape index (κ1) is 17.4. The molecule has 0 spiro atoms. The number of amides is 2. The maximum atomic E-state index is 13.6. The van der Waals surface area contributed by atoms with Gasteiger partial charge in [-0.25, -0.2) is 4.39 Å². The van der Waals surface area contributed by atoms with Crippen molar-refractivity contribution in [1.82, 2.24) is 15.1 Å². The molecule has 2 rings (SSSR count). The van der Waals surface area contributed by atoms with Gasteiger partial charge < -0.3 is 15.1 Å². The normalized spacial score (nSPS) is 19.3. The van der Waals surface area contributed by atoms with Crippen LogP contribution in [0.15, 0.2) is 24.3 Å². The zero-order chi connectivity index (χ0) is 16.8. The highest BCUT2D eigenvalue weighted by Gasteiger charge is 2.28. The molecule has 1 aromatic rings. The van der Waals surface area contributed by atoms with Crippen LogP contribution >= 0.6 is 0 Å². The lowest BCUT2D eigenvalue weighted by Gasteiger charge is -2.23. The number of likely N-dealkylation sites (N-methyl/N-ethyl adjacent to an activating group) is 1. The Morgan fingerprint density at radius 2 is 2.00 bits per heavy atom. The molecule has 2 amide bonds. The number of nitrogens with zero attached hydrogens (tertiary/aromatic N) is 2. The number of nitrogens with one attached hydrogen (secondary N) is 1. The molecule has 0 saturated carbocycles. The molecule has 1 atom stereocenters. The van der Waals surface area contributed by atoms with Crippen molar-refractivity contribution < 1.29 is 14.0 Å². The van der Waals surface area contributed by atoms with E-state index in [0.29, 0.717) is 31.6 Å². The zero-order valence-corrected chi connectivity index (χ0v) is 13.7. The van der Waals surface area contributed by atoms with E-state index in [1.165, 1.54) is 6.07 Å². The van der Waals surface area contributed by atoms with Crippen molar-refractivity contribution in [3.8, 4) is 0 Å². The summed E-state index contributed by atoms with van der Waals surface area (Å²) < 4.78 is 13.6. The van der Waals surface area contributed by atoms with Crippen LogP contribution in [0, 0.1) is 11.7 Å². The summed E-state index contributed by atoms with van der Waals surface area (Å²) in [5, 5.41) is 2.65. The Morgan fingerprint density at radius 3 is 2.70 bits per heavy atom. The third-order valence-electron chi connectivity index (χ3n) is 4.26. The largest absolute Gasteiger partial charge is 0.359 e. The molecule has 1 aromatic carbocycles. The van der Waals surface area contributed by atoms with Gasteiger partial charge in [0.05, 0.1) is 5.92 Å². The van der Waals surface area contributed by atoms with E-state index in [-0.39, 0.29) is 30.0 Å². The molecular weight excluding hydrogens is 297 g/mol. The highest BCUT2D eigenvalue weighted by atomic mass is 19.1. The number of aryl methyl sites for hydroxylation is 1. The number of hydrogen-bond acceptors (Lipinski definition) is 3. The Labute approximate surface area is 136 Å². The maximum Gasteiger partial charge on any atom is 0.225 e. The lowest BCUT2D eigenvalue weighted by atomic mass is 10.1. The predicted octanol–water partition coefficient (Wildman–Crippen LogP) is 0.895. The first-order chi connectivity index (χ1) is 11.0. The van der Waals surface area contributed by atoms with Crippen molar-refractivity contribution in [2.75, 3.05) is 40.3 Å². The first-order valence-corrected chi connectivity index (χ1v) is 7.92. The van der Waals surface area contributed by atoms with Gasteiger partial charge in [0.25, 0.3) is 0 Å². The summed E-state index contributed by atoms with van der Waals surface area (Å²) in [5.41, 5.74) is 0.552. The van der Waals surface area contributed by atoms with Crippen molar-refractivity contribution >= 4 is 11.8 Å². The smallest absolute Gasteiger partial charge is 0.225 e. The van der Waals surface area contributed by atoms with Gasteiger partial charge in [0.2, 0.25) is 11.8 Å². The van der Waals surface area contributed by atoms with Gasteiger partial charge in [-0.2, -0.15) is 0 Å². The molecule has 5 nitrogen and oxygen atoms in total. The summed E-state index contributed by atoms with van der Waals surface area (Å²) in [4.78, 5) is 28.2. The minimum atomic E-state index is -0.279. The second kappa shape index (κ2) is 8.06. The molecule has 1 aliphatic rings. The Morgan fingerprint density at radius 1 is 1.26 bits per heavy atom. The molecule has 126 valence electrons. The fourth-order valence-electron chi connectivity index (χ4n) is 2.87. The zero-order valence-electron chi connectivity index (χ0n) is 13.7. The highest BCUT2D eigenvalue weighted by molar-refractivity contribution is 5.81. The molecule has 1 aliphatic heterocycles. The van der Waals surface area contributed by atoms with Gasteiger partial charge in [0.15, 0.2) is 0 Å². The van der Waals surface area contributed by atoms with Crippen LogP contribution in [0.25, 0.3) is 0 Å². The van der Waals surface area contributed by atoms with Crippen LogP contribution < -0.4 is 5.32 Å². The number of carbonyl (C=O) groups is 2. The fraction of sp³-hybridized carbons (Fsp3) is 0.529. The van der Waals surface area contributed by atoms with Gasteiger partial charge in [0, 0.05) is 39.6 Å². The number of rotatable bonds is 4. The van der Waals surface area contributed by atoms with Crippen LogP contribution in [0.3, 0.4) is 0 Å². The van der Waals surface area contributed by atoms with Crippen LogP contribution in [0.4, 0.5) is 4.39 Å². The summed E-state index contributed by atoms with van der Waals surface area (Å²) in [6.45, 7) is 2.38. The van der Waals surface area contributed by atoms with Crippen LogP contribution in [-0.4, -0.2) is 61.9 Å². The van der Waals surface area contributed by atoms with Gasteiger partial charge in [-0.3, -0.25) is 9.59 Å². The lowest BCUT2D eigenvalue weighted by Crippen LogP contribution is -2.41. The van der Waals surface area contributed by atoms with Crippen molar-refractivity contribution in [2.24, 2.45) is 5.92 Å². The van der Waals surface area contributed by atoms with Gasteiger partial charge >= 0.3 is 0 Å². The summed E-state index contributed by atoms with van der Waals surface area (Å²) in [6.07, 6.45) is 0.633. The Balaban J connectivity index is 1.97. The Kier molecular flexibility index (Phi) is 6.10. The van der Waals surface area contributed by atoms with Gasteiger partial charge in [-0.05, 0) is 25.1 Å².